The lowest BCUT2D eigenvalue weighted by atomic mass is 10.1. The number of halogens is 1. The largest absolute Gasteiger partial charge is 0.360 e. The normalized spacial score (nSPS) is 10.9. The molecule has 1 amide bonds. The minimum atomic E-state index is -0.132. The van der Waals surface area contributed by atoms with Crippen molar-refractivity contribution in [3.63, 3.8) is 0 Å². The van der Waals surface area contributed by atoms with Crippen LogP contribution in [0.4, 0.5) is 5.13 Å². The van der Waals surface area contributed by atoms with Crippen LogP contribution < -0.4 is 5.32 Å². The number of H-pyrrole nitrogens is 1. The number of fused-ring (bicyclic) bond motifs is 1. The molecule has 124 valence electrons. The Labute approximate surface area is 153 Å². The van der Waals surface area contributed by atoms with E-state index in [2.05, 4.69) is 21.4 Å². The quantitative estimate of drug-likeness (QED) is 0.525. The van der Waals surface area contributed by atoms with E-state index in [4.69, 9.17) is 11.6 Å². The van der Waals surface area contributed by atoms with Crippen molar-refractivity contribution in [3.05, 3.63) is 70.7 Å². The molecule has 2 aromatic carbocycles. The number of para-hydroxylation sites is 1. The third kappa shape index (κ3) is 3.29. The Hall–Kier alpha value is -2.63. The summed E-state index contributed by atoms with van der Waals surface area (Å²) in [4.78, 5) is 20.0. The van der Waals surface area contributed by atoms with Gasteiger partial charge in [0.15, 0.2) is 5.13 Å². The van der Waals surface area contributed by atoms with Gasteiger partial charge in [-0.05, 0) is 17.7 Å². The lowest BCUT2D eigenvalue weighted by Crippen LogP contribution is -2.14. The Bertz CT molecular complexity index is 1050. The number of carbonyl (C=O) groups is 1. The number of hydrogen-bond donors (Lipinski definition) is 2. The van der Waals surface area contributed by atoms with E-state index in [9.17, 15) is 4.79 Å². The van der Waals surface area contributed by atoms with Gasteiger partial charge in [-0.25, -0.2) is 4.98 Å². The summed E-state index contributed by atoms with van der Waals surface area (Å²) in [5.74, 6) is -0.132. The molecule has 4 rings (SSSR count). The third-order valence-electron chi connectivity index (χ3n) is 3.92. The molecule has 0 bridgehead atoms. The number of rotatable bonds is 4. The molecule has 0 radical (unpaired) electrons. The van der Waals surface area contributed by atoms with Crippen molar-refractivity contribution in [1.29, 1.82) is 0 Å². The fourth-order valence-corrected chi connectivity index (χ4v) is 3.65. The summed E-state index contributed by atoms with van der Waals surface area (Å²) < 4.78 is 0. The zero-order chi connectivity index (χ0) is 17.2. The molecule has 0 atom stereocenters. The minimum absolute atomic E-state index is 0.132. The maximum absolute atomic E-state index is 12.2. The molecule has 2 N–H and O–H groups in total. The Morgan fingerprint density at radius 1 is 1.16 bits per heavy atom. The second-order valence-electron chi connectivity index (χ2n) is 5.60. The van der Waals surface area contributed by atoms with Crippen LogP contribution in [0.25, 0.3) is 22.2 Å². The van der Waals surface area contributed by atoms with Gasteiger partial charge in [0.25, 0.3) is 0 Å². The molecule has 0 aliphatic rings. The molecule has 0 saturated heterocycles. The van der Waals surface area contributed by atoms with Gasteiger partial charge in [-0.2, -0.15) is 0 Å². The number of nitrogens with zero attached hydrogens (tertiary/aromatic N) is 1. The number of anilines is 1. The SMILES string of the molecule is O=C(Cc1ccccc1Cl)Nc1nc(-c2c[nH]c3ccccc23)cs1. The topological polar surface area (TPSA) is 57.8 Å². The zero-order valence-electron chi connectivity index (χ0n) is 13.1. The predicted octanol–water partition coefficient (Wildman–Crippen LogP) is 5.13. The van der Waals surface area contributed by atoms with Crippen LogP contribution in [0.3, 0.4) is 0 Å². The van der Waals surface area contributed by atoms with E-state index in [0.717, 1.165) is 27.7 Å². The number of aromatic nitrogens is 2. The third-order valence-corrected chi connectivity index (χ3v) is 5.05. The Balaban J connectivity index is 1.52. The summed E-state index contributed by atoms with van der Waals surface area (Å²) in [6.45, 7) is 0. The van der Waals surface area contributed by atoms with Gasteiger partial charge in [0, 0.05) is 33.1 Å². The standard InChI is InChI=1S/C19H14ClN3OS/c20-15-7-3-1-5-12(15)9-18(24)23-19-22-17(11-25-19)14-10-21-16-8-4-2-6-13(14)16/h1-8,10-11,21H,9H2,(H,22,23,24). The highest BCUT2D eigenvalue weighted by Gasteiger charge is 2.12. The van der Waals surface area contributed by atoms with Crippen molar-refractivity contribution < 1.29 is 4.79 Å². The number of aromatic amines is 1. The number of hydrogen-bond acceptors (Lipinski definition) is 3. The van der Waals surface area contributed by atoms with Crippen LogP contribution in [0.15, 0.2) is 60.1 Å². The first-order valence-electron chi connectivity index (χ1n) is 7.76. The number of nitrogens with one attached hydrogen (secondary N) is 2. The van der Waals surface area contributed by atoms with Gasteiger partial charge < -0.3 is 10.3 Å². The molecule has 25 heavy (non-hydrogen) atoms. The Morgan fingerprint density at radius 3 is 2.84 bits per heavy atom. The monoisotopic (exact) mass is 367 g/mol. The lowest BCUT2D eigenvalue weighted by Gasteiger charge is -2.03. The number of amides is 1. The van der Waals surface area contributed by atoms with Crippen molar-refractivity contribution in [1.82, 2.24) is 9.97 Å². The van der Waals surface area contributed by atoms with Crippen LogP contribution in [-0.2, 0) is 11.2 Å². The van der Waals surface area contributed by atoms with Crippen molar-refractivity contribution in [2.45, 2.75) is 6.42 Å². The molecular formula is C19H14ClN3OS. The molecule has 0 aliphatic heterocycles. The zero-order valence-corrected chi connectivity index (χ0v) is 14.7. The van der Waals surface area contributed by atoms with Crippen LogP contribution in [0.5, 0.6) is 0 Å². The van der Waals surface area contributed by atoms with Crippen LogP contribution >= 0.6 is 22.9 Å². The van der Waals surface area contributed by atoms with Gasteiger partial charge in [-0.1, -0.05) is 48.0 Å². The van der Waals surface area contributed by atoms with E-state index in [0.29, 0.717) is 10.2 Å². The van der Waals surface area contributed by atoms with Crippen LogP contribution in [-0.4, -0.2) is 15.9 Å². The van der Waals surface area contributed by atoms with Crippen molar-refractivity contribution >= 4 is 44.9 Å². The van der Waals surface area contributed by atoms with Crippen molar-refractivity contribution in [3.8, 4) is 11.3 Å². The molecular weight excluding hydrogens is 354 g/mol. The molecule has 0 unspecified atom stereocenters. The predicted molar refractivity (Wildman–Crippen MR) is 103 cm³/mol. The second-order valence-corrected chi connectivity index (χ2v) is 6.87. The highest BCUT2D eigenvalue weighted by Crippen LogP contribution is 2.31. The summed E-state index contributed by atoms with van der Waals surface area (Å²) in [6.07, 6.45) is 2.16. The second kappa shape index (κ2) is 6.70. The van der Waals surface area contributed by atoms with E-state index in [-0.39, 0.29) is 12.3 Å². The molecule has 2 heterocycles. The average molecular weight is 368 g/mol. The highest BCUT2D eigenvalue weighted by molar-refractivity contribution is 7.14. The lowest BCUT2D eigenvalue weighted by molar-refractivity contribution is -0.115. The van der Waals surface area contributed by atoms with E-state index in [1.165, 1.54) is 11.3 Å². The number of benzene rings is 2. The molecule has 0 aliphatic carbocycles. The molecule has 4 aromatic rings. The smallest absolute Gasteiger partial charge is 0.230 e. The van der Waals surface area contributed by atoms with E-state index < -0.39 is 0 Å². The maximum atomic E-state index is 12.2. The summed E-state index contributed by atoms with van der Waals surface area (Å²) in [6, 6.07) is 15.4. The first-order valence-corrected chi connectivity index (χ1v) is 9.02. The van der Waals surface area contributed by atoms with Gasteiger partial charge in [0.2, 0.25) is 5.91 Å². The molecule has 0 fully saturated rings. The van der Waals surface area contributed by atoms with E-state index in [1.807, 2.05) is 48.0 Å². The van der Waals surface area contributed by atoms with Crippen LogP contribution in [0, 0.1) is 0 Å². The first-order chi connectivity index (χ1) is 12.2. The molecule has 4 nitrogen and oxygen atoms in total. The molecule has 0 spiro atoms. The first kappa shape index (κ1) is 15.9. The van der Waals surface area contributed by atoms with Crippen molar-refractivity contribution in [2.75, 3.05) is 5.32 Å². The highest BCUT2D eigenvalue weighted by atomic mass is 35.5. The van der Waals surface area contributed by atoms with Crippen molar-refractivity contribution in [2.24, 2.45) is 0 Å². The van der Waals surface area contributed by atoms with E-state index in [1.54, 1.807) is 6.07 Å². The Kier molecular flexibility index (Phi) is 4.26. The summed E-state index contributed by atoms with van der Waals surface area (Å²) >= 11 is 7.51. The van der Waals surface area contributed by atoms with Gasteiger partial charge in [-0.3, -0.25) is 4.79 Å². The Morgan fingerprint density at radius 2 is 1.96 bits per heavy atom. The van der Waals surface area contributed by atoms with Gasteiger partial charge in [-0.15, -0.1) is 11.3 Å². The fraction of sp³-hybridized carbons (Fsp3) is 0.0526. The van der Waals surface area contributed by atoms with Crippen LogP contribution in [0.2, 0.25) is 5.02 Å². The summed E-state index contributed by atoms with van der Waals surface area (Å²) in [7, 11) is 0. The molecule has 2 aromatic heterocycles. The molecule has 6 heteroatoms. The van der Waals surface area contributed by atoms with Gasteiger partial charge in [0.1, 0.15) is 0 Å². The average Bonchev–Trinajstić information content (AvgIpc) is 3.23. The summed E-state index contributed by atoms with van der Waals surface area (Å²) in [5.41, 5.74) is 3.74. The fourth-order valence-electron chi connectivity index (χ4n) is 2.72. The molecule has 0 saturated carbocycles. The number of thiazole rings is 1. The van der Waals surface area contributed by atoms with Gasteiger partial charge >= 0.3 is 0 Å². The summed E-state index contributed by atoms with van der Waals surface area (Å²) in [5, 5.41) is 7.08. The minimum Gasteiger partial charge on any atom is -0.360 e. The van der Waals surface area contributed by atoms with E-state index >= 15 is 0 Å². The van der Waals surface area contributed by atoms with Gasteiger partial charge in [0.05, 0.1) is 12.1 Å². The number of carbonyl (C=O) groups excluding carboxylic acids is 1. The maximum Gasteiger partial charge on any atom is 0.230 e. The van der Waals surface area contributed by atoms with Crippen LogP contribution in [0.1, 0.15) is 5.56 Å².